The molecule has 0 amide bonds. The first-order chi connectivity index (χ1) is 8.63. The van der Waals surface area contributed by atoms with Crippen molar-refractivity contribution in [1.82, 2.24) is 0 Å². The summed E-state index contributed by atoms with van der Waals surface area (Å²) in [6.07, 6.45) is 6.84. The Labute approximate surface area is 121 Å². The lowest BCUT2D eigenvalue weighted by molar-refractivity contribution is -0.136. The highest BCUT2D eigenvalue weighted by Crippen LogP contribution is 2.21. The van der Waals surface area contributed by atoms with Crippen LogP contribution < -0.4 is 0 Å². The van der Waals surface area contributed by atoms with Crippen LogP contribution in [0.3, 0.4) is 0 Å². The van der Waals surface area contributed by atoms with E-state index in [1.165, 1.54) is 31.8 Å². The molecule has 0 fully saturated rings. The van der Waals surface area contributed by atoms with E-state index in [1.54, 1.807) is 12.1 Å². The van der Waals surface area contributed by atoms with Gasteiger partial charge in [-0.05, 0) is 18.1 Å². The monoisotopic (exact) mass is 332 g/mol. The Bertz CT molecular complexity index is 313. The van der Waals surface area contributed by atoms with Crippen molar-refractivity contribution in [2.45, 2.75) is 37.4 Å². The van der Waals surface area contributed by atoms with Crippen LogP contribution in [0.2, 0.25) is 0 Å². The molecule has 1 rings (SSSR count). The summed E-state index contributed by atoms with van der Waals surface area (Å²) < 4.78 is 0. The number of carboxylic acid groups (broad SMARTS) is 1. The number of halogens is 1. The highest BCUT2D eigenvalue weighted by atomic mass is 79.9. The van der Waals surface area contributed by atoms with Crippen molar-refractivity contribution >= 4 is 31.1 Å². The van der Waals surface area contributed by atoms with Gasteiger partial charge in [-0.15, -0.1) is 9.24 Å². The smallest absolute Gasteiger partial charge is 0.321 e. The van der Waals surface area contributed by atoms with E-state index in [4.69, 9.17) is 5.11 Å². The third-order valence-electron chi connectivity index (χ3n) is 2.37. The van der Waals surface area contributed by atoms with Crippen molar-refractivity contribution in [2.24, 2.45) is 0 Å². The van der Waals surface area contributed by atoms with Crippen LogP contribution in [-0.2, 0) is 4.79 Å². The van der Waals surface area contributed by atoms with Gasteiger partial charge in [0.2, 0.25) is 0 Å². The molecule has 0 saturated heterocycles. The zero-order valence-corrected chi connectivity index (χ0v) is 13.6. The van der Waals surface area contributed by atoms with Crippen molar-refractivity contribution in [3.05, 3.63) is 35.9 Å². The van der Waals surface area contributed by atoms with Crippen molar-refractivity contribution in [3.63, 3.8) is 0 Å². The van der Waals surface area contributed by atoms with Crippen molar-refractivity contribution in [3.8, 4) is 0 Å². The molecule has 2 atom stereocenters. The molecule has 1 aromatic carbocycles. The average molecular weight is 333 g/mol. The lowest BCUT2D eigenvalue weighted by Gasteiger charge is -2.02. The molecule has 18 heavy (non-hydrogen) atoms. The maximum Gasteiger partial charge on any atom is 0.321 e. The molecule has 0 radical (unpaired) electrons. The van der Waals surface area contributed by atoms with Crippen LogP contribution in [0.15, 0.2) is 30.3 Å². The number of hydrogen-bond acceptors (Lipinski definition) is 1. The number of hydrogen-bond donors (Lipinski definition) is 1. The third-order valence-corrected chi connectivity index (χ3v) is 3.70. The summed E-state index contributed by atoms with van der Waals surface area (Å²) in [5, 5.41) is 8.59. The first-order valence-corrected chi connectivity index (χ1v) is 7.98. The van der Waals surface area contributed by atoms with E-state index in [2.05, 4.69) is 32.1 Å². The van der Waals surface area contributed by atoms with Gasteiger partial charge in [-0.25, -0.2) is 0 Å². The van der Waals surface area contributed by atoms with Crippen molar-refractivity contribution < 1.29 is 9.90 Å². The maximum atomic E-state index is 10.5. The molecule has 102 valence electrons. The Morgan fingerprint density at radius 1 is 1.28 bits per heavy atom. The molecule has 0 aliphatic carbocycles. The Hall–Kier alpha value is -0.400. The summed E-state index contributed by atoms with van der Waals surface area (Å²) in [5.74, 6) is -0.865. The molecular weight excluding hydrogens is 311 g/mol. The minimum Gasteiger partial charge on any atom is -0.480 e. The Morgan fingerprint density at radius 3 is 2.33 bits per heavy atom. The van der Waals surface area contributed by atoms with Crippen molar-refractivity contribution in [1.29, 1.82) is 0 Å². The number of alkyl halides is 1. The van der Waals surface area contributed by atoms with Crippen LogP contribution >= 0.6 is 25.2 Å². The summed E-state index contributed by atoms with van der Waals surface area (Å²) in [4.78, 5) is 9.86. The molecule has 0 spiro atoms. The molecular formula is C14H22BrO2P. The Morgan fingerprint density at radius 2 is 1.89 bits per heavy atom. The number of carboxylic acids is 1. The lowest BCUT2D eigenvalue weighted by atomic mass is 10.2. The summed E-state index contributed by atoms with van der Waals surface area (Å²) in [5.41, 5.74) is 0.764. The summed E-state index contributed by atoms with van der Waals surface area (Å²) in [6.45, 7) is 2.24. The molecule has 4 heteroatoms. The van der Waals surface area contributed by atoms with Gasteiger partial charge in [0.25, 0.3) is 0 Å². The Kier molecular flexibility index (Phi) is 11.4. The second-order valence-electron chi connectivity index (χ2n) is 3.96. The van der Waals surface area contributed by atoms with Crippen LogP contribution in [0.5, 0.6) is 0 Å². The van der Waals surface area contributed by atoms with Gasteiger partial charge in [0.15, 0.2) is 0 Å². The number of aliphatic carboxylic acids is 1. The molecule has 0 aromatic heterocycles. The molecule has 1 N–H and O–H groups in total. The SMILES string of the molecule is CCCCCCP.O=C(O)C(Br)c1ccccc1. The van der Waals surface area contributed by atoms with Gasteiger partial charge in [-0.1, -0.05) is 72.4 Å². The second kappa shape index (κ2) is 11.7. The van der Waals surface area contributed by atoms with Gasteiger partial charge >= 0.3 is 5.97 Å². The zero-order chi connectivity index (χ0) is 13.8. The minimum atomic E-state index is -0.865. The largest absolute Gasteiger partial charge is 0.480 e. The highest BCUT2D eigenvalue weighted by molar-refractivity contribution is 9.09. The number of rotatable bonds is 6. The predicted molar refractivity (Wildman–Crippen MR) is 84.5 cm³/mol. The summed E-state index contributed by atoms with van der Waals surface area (Å²) in [6, 6.07) is 9.02. The molecule has 2 unspecified atom stereocenters. The maximum absolute atomic E-state index is 10.5. The normalized spacial score (nSPS) is 11.3. The molecule has 2 nitrogen and oxygen atoms in total. The van der Waals surface area contributed by atoms with E-state index < -0.39 is 10.8 Å². The second-order valence-corrected chi connectivity index (χ2v) is 5.45. The standard InChI is InChI=1S/C8H7BrO2.C6H15P/c9-7(8(10)11)6-4-2-1-3-5-6;1-2-3-4-5-6-7/h1-5,7H,(H,10,11);2-7H2,1H3. The van der Waals surface area contributed by atoms with Crippen LogP contribution in [0.25, 0.3) is 0 Å². The van der Waals surface area contributed by atoms with Crippen molar-refractivity contribution in [2.75, 3.05) is 6.16 Å². The fourth-order valence-corrected chi connectivity index (χ4v) is 1.93. The van der Waals surface area contributed by atoms with Gasteiger partial charge in [0.05, 0.1) is 0 Å². The van der Waals surface area contributed by atoms with E-state index in [0.29, 0.717) is 0 Å². The van der Waals surface area contributed by atoms with E-state index in [9.17, 15) is 4.79 Å². The third kappa shape index (κ3) is 8.66. The van der Waals surface area contributed by atoms with Crippen LogP contribution in [0, 0.1) is 0 Å². The van der Waals surface area contributed by atoms with Gasteiger partial charge in [-0.3, -0.25) is 4.79 Å². The first kappa shape index (κ1) is 17.6. The van der Waals surface area contributed by atoms with Gasteiger partial charge in [0.1, 0.15) is 4.83 Å². The fraction of sp³-hybridized carbons (Fsp3) is 0.500. The first-order valence-electron chi connectivity index (χ1n) is 6.25. The van der Waals surface area contributed by atoms with Crippen LogP contribution in [0.4, 0.5) is 0 Å². The minimum absolute atomic E-state index is 0.594. The van der Waals surface area contributed by atoms with Gasteiger partial charge in [0, 0.05) is 0 Å². The van der Waals surface area contributed by atoms with Crippen LogP contribution in [-0.4, -0.2) is 17.2 Å². The number of carbonyl (C=O) groups is 1. The van der Waals surface area contributed by atoms with E-state index >= 15 is 0 Å². The quantitative estimate of drug-likeness (QED) is 0.467. The average Bonchev–Trinajstić information content (AvgIpc) is 2.40. The molecule has 1 aromatic rings. The van der Waals surface area contributed by atoms with Gasteiger partial charge < -0.3 is 5.11 Å². The molecule has 0 bridgehead atoms. The highest BCUT2D eigenvalue weighted by Gasteiger charge is 2.13. The fourth-order valence-electron chi connectivity index (χ4n) is 1.34. The molecule has 0 aliphatic rings. The van der Waals surface area contributed by atoms with Gasteiger partial charge in [-0.2, -0.15) is 0 Å². The van der Waals surface area contributed by atoms with E-state index in [1.807, 2.05) is 18.2 Å². The lowest BCUT2D eigenvalue weighted by Crippen LogP contribution is -2.03. The van der Waals surface area contributed by atoms with E-state index in [0.717, 1.165) is 5.56 Å². The van der Waals surface area contributed by atoms with E-state index in [-0.39, 0.29) is 0 Å². The summed E-state index contributed by atoms with van der Waals surface area (Å²) in [7, 11) is 2.75. The summed E-state index contributed by atoms with van der Waals surface area (Å²) >= 11 is 3.05. The predicted octanol–water partition coefficient (Wildman–Crippen LogP) is 4.65. The molecule has 0 saturated carbocycles. The molecule has 0 heterocycles. The molecule has 0 aliphatic heterocycles. The topological polar surface area (TPSA) is 37.3 Å². The number of benzene rings is 1. The Balaban J connectivity index is 0.000000360. The zero-order valence-electron chi connectivity index (χ0n) is 10.8. The van der Waals surface area contributed by atoms with Crippen LogP contribution in [0.1, 0.15) is 43.0 Å². The number of unbranched alkanes of at least 4 members (excludes halogenated alkanes) is 3.